The SMILES string of the molecule is CCN1CCC(N(C)Cc2cccc(N)n2)CC1. The van der Waals surface area contributed by atoms with Gasteiger partial charge in [-0.15, -0.1) is 0 Å². The summed E-state index contributed by atoms with van der Waals surface area (Å²) in [6, 6.07) is 6.54. The van der Waals surface area contributed by atoms with Crippen LogP contribution in [0.2, 0.25) is 0 Å². The van der Waals surface area contributed by atoms with Gasteiger partial charge in [0.2, 0.25) is 0 Å². The maximum Gasteiger partial charge on any atom is 0.123 e. The standard InChI is InChI=1S/C14H24N4/c1-3-18-9-7-13(8-10-18)17(2)11-12-5-4-6-14(15)16-12/h4-6,13H,3,7-11H2,1-2H3,(H2,15,16). The Labute approximate surface area is 110 Å². The van der Waals surface area contributed by atoms with Gasteiger partial charge in [-0.3, -0.25) is 4.90 Å². The van der Waals surface area contributed by atoms with Crippen LogP contribution >= 0.6 is 0 Å². The van der Waals surface area contributed by atoms with Gasteiger partial charge in [0, 0.05) is 12.6 Å². The molecule has 0 aliphatic carbocycles. The minimum absolute atomic E-state index is 0.613. The zero-order valence-electron chi connectivity index (χ0n) is 11.5. The minimum atomic E-state index is 0.613. The van der Waals surface area contributed by atoms with Crippen LogP contribution in [0.15, 0.2) is 18.2 Å². The molecule has 18 heavy (non-hydrogen) atoms. The molecule has 0 unspecified atom stereocenters. The Morgan fingerprint density at radius 3 is 2.72 bits per heavy atom. The molecule has 1 aromatic rings. The van der Waals surface area contributed by atoms with Gasteiger partial charge < -0.3 is 10.6 Å². The molecule has 1 aliphatic heterocycles. The molecule has 2 heterocycles. The number of likely N-dealkylation sites (tertiary alicyclic amines) is 1. The van der Waals surface area contributed by atoms with Crippen LogP contribution < -0.4 is 5.73 Å². The summed E-state index contributed by atoms with van der Waals surface area (Å²) in [4.78, 5) is 9.29. The number of nitrogens with zero attached hydrogens (tertiary/aromatic N) is 3. The Balaban J connectivity index is 1.87. The summed E-state index contributed by atoms with van der Waals surface area (Å²) >= 11 is 0. The van der Waals surface area contributed by atoms with E-state index < -0.39 is 0 Å². The van der Waals surface area contributed by atoms with E-state index in [2.05, 4.69) is 28.8 Å². The van der Waals surface area contributed by atoms with Crippen LogP contribution in [0.3, 0.4) is 0 Å². The van der Waals surface area contributed by atoms with Gasteiger partial charge in [-0.25, -0.2) is 4.98 Å². The van der Waals surface area contributed by atoms with E-state index in [0.29, 0.717) is 11.9 Å². The molecule has 1 fully saturated rings. The molecule has 0 bridgehead atoms. The smallest absolute Gasteiger partial charge is 0.123 e. The van der Waals surface area contributed by atoms with Gasteiger partial charge in [0.25, 0.3) is 0 Å². The zero-order chi connectivity index (χ0) is 13.0. The third kappa shape index (κ3) is 3.43. The quantitative estimate of drug-likeness (QED) is 0.878. The number of anilines is 1. The average Bonchev–Trinajstić information content (AvgIpc) is 2.39. The summed E-state index contributed by atoms with van der Waals surface area (Å²) in [5.41, 5.74) is 6.78. The Morgan fingerprint density at radius 1 is 1.39 bits per heavy atom. The molecule has 0 spiro atoms. The Hall–Kier alpha value is -1.13. The number of pyridine rings is 1. The first-order valence-corrected chi connectivity index (χ1v) is 6.83. The molecule has 0 radical (unpaired) electrons. The third-order valence-corrected chi connectivity index (χ3v) is 3.87. The Morgan fingerprint density at radius 2 is 2.11 bits per heavy atom. The predicted octanol–water partition coefficient (Wildman–Crippen LogP) is 1.58. The van der Waals surface area contributed by atoms with Gasteiger partial charge in [0.1, 0.15) is 5.82 Å². The number of hydrogen-bond donors (Lipinski definition) is 1. The fourth-order valence-electron chi connectivity index (χ4n) is 2.65. The molecule has 2 N–H and O–H groups in total. The van der Waals surface area contributed by atoms with E-state index in [1.54, 1.807) is 0 Å². The van der Waals surface area contributed by atoms with Crippen molar-refractivity contribution >= 4 is 5.82 Å². The van der Waals surface area contributed by atoms with Crippen LogP contribution in [0.1, 0.15) is 25.5 Å². The number of nitrogen functional groups attached to an aromatic ring is 1. The fourth-order valence-corrected chi connectivity index (χ4v) is 2.65. The first kappa shape index (κ1) is 13.3. The van der Waals surface area contributed by atoms with E-state index in [-0.39, 0.29) is 0 Å². The highest BCUT2D eigenvalue weighted by Crippen LogP contribution is 2.17. The van der Waals surface area contributed by atoms with Crippen molar-refractivity contribution in [1.29, 1.82) is 0 Å². The third-order valence-electron chi connectivity index (χ3n) is 3.87. The van der Waals surface area contributed by atoms with Crippen LogP contribution in [0.4, 0.5) is 5.82 Å². The van der Waals surface area contributed by atoms with E-state index in [1.165, 1.54) is 32.5 Å². The highest BCUT2D eigenvalue weighted by molar-refractivity contribution is 5.28. The molecule has 0 saturated carbocycles. The topological polar surface area (TPSA) is 45.4 Å². The molecular weight excluding hydrogens is 224 g/mol. The second-order valence-electron chi connectivity index (χ2n) is 5.13. The van der Waals surface area contributed by atoms with Crippen molar-refractivity contribution < 1.29 is 0 Å². The Kier molecular flexibility index (Phi) is 4.55. The number of aromatic nitrogens is 1. The summed E-state index contributed by atoms with van der Waals surface area (Å²) in [7, 11) is 2.19. The lowest BCUT2D eigenvalue weighted by atomic mass is 10.0. The lowest BCUT2D eigenvalue weighted by Crippen LogP contribution is -2.43. The molecule has 1 aromatic heterocycles. The van der Waals surface area contributed by atoms with Crippen LogP contribution in [0.25, 0.3) is 0 Å². The van der Waals surface area contributed by atoms with Crippen molar-refractivity contribution in [1.82, 2.24) is 14.8 Å². The second kappa shape index (κ2) is 6.16. The monoisotopic (exact) mass is 248 g/mol. The summed E-state index contributed by atoms with van der Waals surface area (Å²) < 4.78 is 0. The molecule has 1 aliphatic rings. The lowest BCUT2D eigenvalue weighted by Gasteiger charge is -2.36. The summed E-state index contributed by atoms with van der Waals surface area (Å²) in [6.07, 6.45) is 2.51. The van der Waals surface area contributed by atoms with Crippen molar-refractivity contribution in [2.75, 3.05) is 32.4 Å². The summed E-state index contributed by atoms with van der Waals surface area (Å²) in [5, 5.41) is 0. The van der Waals surface area contributed by atoms with Crippen LogP contribution in [-0.4, -0.2) is 47.5 Å². The van der Waals surface area contributed by atoms with Crippen LogP contribution in [0.5, 0.6) is 0 Å². The highest BCUT2D eigenvalue weighted by atomic mass is 15.2. The molecule has 4 heteroatoms. The minimum Gasteiger partial charge on any atom is -0.384 e. The molecule has 0 atom stereocenters. The van der Waals surface area contributed by atoms with Crippen molar-refractivity contribution in [3.8, 4) is 0 Å². The number of piperidine rings is 1. The van der Waals surface area contributed by atoms with E-state index in [4.69, 9.17) is 5.73 Å². The first-order chi connectivity index (χ1) is 8.69. The first-order valence-electron chi connectivity index (χ1n) is 6.83. The largest absolute Gasteiger partial charge is 0.384 e. The van der Waals surface area contributed by atoms with Crippen molar-refractivity contribution in [3.05, 3.63) is 23.9 Å². The van der Waals surface area contributed by atoms with E-state index in [1.807, 2.05) is 18.2 Å². The average molecular weight is 248 g/mol. The molecule has 1 saturated heterocycles. The predicted molar refractivity (Wildman–Crippen MR) is 75.3 cm³/mol. The van der Waals surface area contributed by atoms with Crippen molar-refractivity contribution in [2.45, 2.75) is 32.4 Å². The second-order valence-corrected chi connectivity index (χ2v) is 5.13. The maximum atomic E-state index is 5.71. The Bertz CT molecular complexity index is 372. The fraction of sp³-hybridized carbons (Fsp3) is 0.643. The molecule has 2 rings (SSSR count). The van der Waals surface area contributed by atoms with Crippen molar-refractivity contribution in [3.63, 3.8) is 0 Å². The normalized spacial score (nSPS) is 18.4. The summed E-state index contributed by atoms with van der Waals surface area (Å²) in [6.45, 7) is 6.74. The van der Waals surface area contributed by atoms with Gasteiger partial charge >= 0.3 is 0 Å². The van der Waals surface area contributed by atoms with Crippen molar-refractivity contribution in [2.24, 2.45) is 0 Å². The molecular formula is C14H24N4. The van der Waals surface area contributed by atoms with Gasteiger partial charge in [-0.05, 0) is 51.7 Å². The molecule has 4 nitrogen and oxygen atoms in total. The van der Waals surface area contributed by atoms with Gasteiger partial charge in [0.15, 0.2) is 0 Å². The maximum absolute atomic E-state index is 5.71. The zero-order valence-corrected chi connectivity index (χ0v) is 11.5. The highest BCUT2D eigenvalue weighted by Gasteiger charge is 2.21. The molecule has 0 aromatic carbocycles. The number of rotatable bonds is 4. The van der Waals surface area contributed by atoms with Crippen LogP contribution in [-0.2, 0) is 6.54 Å². The lowest BCUT2D eigenvalue weighted by molar-refractivity contribution is 0.126. The van der Waals surface area contributed by atoms with E-state index in [0.717, 1.165) is 12.2 Å². The van der Waals surface area contributed by atoms with Crippen LogP contribution in [0, 0.1) is 0 Å². The van der Waals surface area contributed by atoms with Gasteiger partial charge in [-0.1, -0.05) is 13.0 Å². The van der Waals surface area contributed by atoms with E-state index in [9.17, 15) is 0 Å². The number of nitrogens with two attached hydrogens (primary N) is 1. The van der Waals surface area contributed by atoms with Gasteiger partial charge in [0.05, 0.1) is 5.69 Å². The van der Waals surface area contributed by atoms with E-state index >= 15 is 0 Å². The number of hydrogen-bond acceptors (Lipinski definition) is 4. The molecule has 0 amide bonds. The molecule has 100 valence electrons. The van der Waals surface area contributed by atoms with Gasteiger partial charge in [-0.2, -0.15) is 0 Å². The summed E-state index contributed by atoms with van der Waals surface area (Å²) in [5.74, 6) is 0.613.